The van der Waals surface area contributed by atoms with Crippen LogP contribution in [0.15, 0.2) is 23.7 Å². The molecule has 0 aliphatic carbocycles. The SMILES string of the molecule is OB(O)Oc1ccc2scnc2c1. The molecule has 0 spiro atoms. The first-order valence-electron chi connectivity index (χ1n) is 3.62. The molecule has 4 nitrogen and oxygen atoms in total. The summed E-state index contributed by atoms with van der Waals surface area (Å²) in [5, 5.41) is 17.1. The topological polar surface area (TPSA) is 62.6 Å². The lowest BCUT2D eigenvalue weighted by molar-refractivity contribution is 0.288. The van der Waals surface area contributed by atoms with Crippen molar-refractivity contribution in [3.05, 3.63) is 23.7 Å². The van der Waals surface area contributed by atoms with E-state index in [1.165, 1.54) is 11.3 Å². The third kappa shape index (κ3) is 1.80. The molecule has 66 valence electrons. The summed E-state index contributed by atoms with van der Waals surface area (Å²) in [6.45, 7) is 0. The third-order valence-corrected chi connectivity index (χ3v) is 2.35. The Morgan fingerprint density at radius 3 is 3.00 bits per heavy atom. The normalized spacial score (nSPS) is 10.3. The van der Waals surface area contributed by atoms with Crippen LogP contribution >= 0.6 is 11.3 Å². The number of hydrogen-bond acceptors (Lipinski definition) is 5. The number of nitrogens with zero attached hydrogens (tertiary/aromatic N) is 1. The molecular weight excluding hydrogens is 189 g/mol. The van der Waals surface area contributed by atoms with Crippen LogP contribution < -0.4 is 4.65 Å². The molecule has 0 aliphatic heterocycles. The van der Waals surface area contributed by atoms with Gasteiger partial charge < -0.3 is 14.7 Å². The van der Waals surface area contributed by atoms with E-state index in [4.69, 9.17) is 10.0 Å². The van der Waals surface area contributed by atoms with Gasteiger partial charge in [-0.25, -0.2) is 4.98 Å². The number of aromatic nitrogens is 1. The molecule has 2 aromatic rings. The Labute approximate surface area is 78.6 Å². The van der Waals surface area contributed by atoms with Gasteiger partial charge in [-0.1, -0.05) is 0 Å². The van der Waals surface area contributed by atoms with Crippen LogP contribution in [0.5, 0.6) is 5.75 Å². The molecular formula is C7H6BNO3S. The van der Waals surface area contributed by atoms with Crippen LogP contribution in [0.1, 0.15) is 0 Å². The van der Waals surface area contributed by atoms with Gasteiger partial charge in [0, 0.05) is 6.07 Å². The van der Waals surface area contributed by atoms with Crippen LogP contribution in [0.2, 0.25) is 0 Å². The van der Waals surface area contributed by atoms with Gasteiger partial charge in [-0.2, -0.15) is 0 Å². The minimum atomic E-state index is -1.78. The van der Waals surface area contributed by atoms with Gasteiger partial charge in [-0.05, 0) is 12.1 Å². The number of rotatable bonds is 2. The fourth-order valence-electron chi connectivity index (χ4n) is 1.03. The molecule has 0 bridgehead atoms. The molecule has 0 atom stereocenters. The van der Waals surface area contributed by atoms with Crippen molar-refractivity contribution >= 4 is 28.9 Å². The lowest BCUT2D eigenvalue weighted by Gasteiger charge is -2.02. The van der Waals surface area contributed by atoms with Crippen LogP contribution in [0, 0.1) is 0 Å². The molecule has 0 saturated heterocycles. The summed E-state index contributed by atoms with van der Waals surface area (Å²) in [6.07, 6.45) is 0. The van der Waals surface area contributed by atoms with Gasteiger partial charge in [-0.3, -0.25) is 0 Å². The molecule has 0 amide bonds. The highest BCUT2D eigenvalue weighted by atomic mass is 32.1. The van der Waals surface area contributed by atoms with Crippen molar-refractivity contribution in [3.63, 3.8) is 0 Å². The first-order chi connectivity index (χ1) is 6.25. The van der Waals surface area contributed by atoms with Gasteiger partial charge >= 0.3 is 7.32 Å². The maximum Gasteiger partial charge on any atom is 0.707 e. The van der Waals surface area contributed by atoms with Gasteiger partial charge in [0.25, 0.3) is 0 Å². The molecule has 0 aliphatic rings. The fraction of sp³-hybridized carbons (Fsp3) is 0. The van der Waals surface area contributed by atoms with Crippen LogP contribution in [0.25, 0.3) is 10.2 Å². The first-order valence-corrected chi connectivity index (χ1v) is 4.50. The van der Waals surface area contributed by atoms with E-state index in [-0.39, 0.29) is 0 Å². The number of hydrogen-bond donors (Lipinski definition) is 2. The lowest BCUT2D eigenvalue weighted by Crippen LogP contribution is -2.20. The van der Waals surface area contributed by atoms with E-state index in [1.54, 1.807) is 17.6 Å². The Morgan fingerprint density at radius 2 is 2.23 bits per heavy atom. The minimum absolute atomic E-state index is 0.397. The third-order valence-electron chi connectivity index (χ3n) is 1.54. The van der Waals surface area contributed by atoms with E-state index in [2.05, 4.69) is 9.64 Å². The second-order valence-corrected chi connectivity index (χ2v) is 3.31. The van der Waals surface area contributed by atoms with E-state index < -0.39 is 7.32 Å². The zero-order valence-electron chi connectivity index (χ0n) is 6.54. The number of thiazole rings is 1. The molecule has 0 unspecified atom stereocenters. The highest BCUT2D eigenvalue weighted by Gasteiger charge is 2.11. The Morgan fingerprint density at radius 1 is 1.38 bits per heavy atom. The molecule has 1 aromatic heterocycles. The van der Waals surface area contributed by atoms with Crippen molar-refractivity contribution < 1.29 is 14.7 Å². The Hall–Kier alpha value is -1.11. The second-order valence-electron chi connectivity index (χ2n) is 2.43. The van der Waals surface area contributed by atoms with Gasteiger partial charge in [0.15, 0.2) is 0 Å². The first kappa shape index (κ1) is 8.49. The van der Waals surface area contributed by atoms with E-state index in [0.29, 0.717) is 5.75 Å². The van der Waals surface area contributed by atoms with E-state index in [9.17, 15) is 0 Å². The molecule has 0 saturated carbocycles. The van der Waals surface area contributed by atoms with Gasteiger partial charge in [-0.15, -0.1) is 11.3 Å². The smallest absolute Gasteiger partial charge is 0.512 e. The molecule has 13 heavy (non-hydrogen) atoms. The zero-order valence-corrected chi connectivity index (χ0v) is 7.36. The summed E-state index contributed by atoms with van der Waals surface area (Å²) in [6, 6.07) is 5.15. The predicted octanol–water partition coefficient (Wildman–Crippen LogP) is 0.645. The summed E-state index contributed by atoms with van der Waals surface area (Å²) in [5.41, 5.74) is 2.52. The Kier molecular flexibility index (Phi) is 2.18. The number of fused-ring (bicyclic) bond motifs is 1. The van der Waals surface area contributed by atoms with Crippen molar-refractivity contribution in [3.8, 4) is 5.75 Å². The summed E-state index contributed by atoms with van der Waals surface area (Å²) in [5.74, 6) is 0.397. The highest BCUT2D eigenvalue weighted by Crippen LogP contribution is 2.22. The minimum Gasteiger partial charge on any atom is -0.512 e. The van der Waals surface area contributed by atoms with Crippen molar-refractivity contribution in [1.29, 1.82) is 0 Å². The standard InChI is InChI=1S/C7H6BNO3S/c10-8(11)12-5-1-2-7-6(3-5)9-4-13-7/h1-4,10-11H. The van der Waals surface area contributed by atoms with Crippen molar-refractivity contribution in [1.82, 2.24) is 4.98 Å². The predicted molar refractivity (Wildman–Crippen MR) is 50.4 cm³/mol. The van der Waals surface area contributed by atoms with E-state index >= 15 is 0 Å². The molecule has 0 radical (unpaired) electrons. The van der Waals surface area contributed by atoms with Crippen molar-refractivity contribution in [2.75, 3.05) is 0 Å². The number of benzene rings is 1. The van der Waals surface area contributed by atoms with Crippen molar-refractivity contribution in [2.45, 2.75) is 0 Å². The molecule has 1 heterocycles. The summed E-state index contributed by atoms with van der Waals surface area (Å²) >= 11 is 1.52. The average Bonchev–Trinajstić information content (AvgIpc) is 2.49. The summed E-state index contributed by atoms with van der Waals surface area (Å²) in [7, 11) is -1.78. The largest absolute Gasteiger partial charge is 0.707 e. The molecule has 2 N–H and O–H groups in total. The van der Waals surface area contributed by atoms with Crippen LogP contribution in [-0.2, 0) is 0 Å². The van der Waals surface area contributed by atoms with Gasteiger partial charge in [0.2, 0.25) is 0 Å². The summed E-state index contributed by atoms with van der Waals surface area (Å²) in [4.78, 5) is 4.06. The van der Waals surface area contributed by atoms with Crippen LogP contribution in [-0.4, -0.2) is 22.4 Å². The quantitative estimate of drug-likeness (QED) is 0.690. The maximum absolute atomic E-state index is 8.54. The fourth-order valence-corrected chi connectivity index (χ4v) is 1.69. The van der Waals surface area contributed by atoms with E-state index in [1.807, 2.05) is 6.07 Å². The highest BCUT2D eigenvalue weighted by molar-refractivity contribution is 7.16. The Balaban J connectivity index is 2.37. The van der Waals surface area contributed by atoms with Gasteiger partial charge in [0.1, 0.15) is 5.75 Å². The molecule has 0 fully saturated rings. The monoisotopic (exact) mass is 195 g/mol. The van der Waals surface area contributed by atoms with Crippen LogP contribution in [0.3, 0.4) is 0 Å². The van der Waals surface area contributed by atoms with E-state index in [0.717, 1.165) is 10.2 Å². The zero-order chi connectivity index (χ0) is 9.26. The molecule has 1 aromatic carbocycles. The Bertz CT molecular complexity index is 417. The second kappa shape index (κ2) is 3.33. The summed E-state index contributed by atoms with van der Waals surface area (Å²) < 4.78 is 5.71. The van der Waals surface area contributed by atoms with Crippen LogP contribution in [0.4, 0.5) is 0 Å². The maximum atomic E-state index is 8.54. The van der Waals surface area contributed by atoms with Crippen molar-refractivity contribution in [2.24, 2.45) is 0 Å². The lowest BCUT2D eigenvalue weighted by atomic mass is 10.2. The molecule has 2 rings (SSSR count). The van der Waals surface area contributed by atoms with Gasteiger partial charge in [0.05, 0.1) is 15.7 Å². The average molecular weight is 195 g/mol. The molecule has 6 heteroatoms.